The molecule has 0 aromatic heterocycles. The molecule has 0 aliphatic rings. The van der Waals surface area contributed by atoms with E-state index in [1.165, 1.54) is 5.69 Å². The Labute approximate surface area is 87.7 Å². The van der Waals surface area contributed by atoms with Gasteiger partial charge in [0.15, 0.2) is 0 Å². The molecule has 0 aliphatic carbocycles. The molecule has 0 fully saturated rings. The lowest BCUT2D eigenvalue weighted by Gasteiger charge is -2.41. The Balaban J connectivity index is 3.02. The van der Waals surface area contributed by atoms with Gasteiger partial charge in [0, 0.05) is 17.3 Å². The van der Waals surface area contributed by atoms with Crippen molar-refractivity contribution in [2.75, 3.05) is 4.90 Å². The summed E-state index contributed by atoms with van der Waals surface area (Å²) in [4.78, 5) is 2.44. The molecule has 1 heteroatoms. The van der Waals surface area contributed by atoms with Crippen LogP contribution >= 0.6 is 0 Å². The third-order valence-electron chi connectivity index (χ3n) is 2.27. The van der Waals surface area contributed by atoms with Gasteiger partial charge in [-0.25, -0.2) is 0 Å². The molecule has 1 rings (SSSR count). The fraction of sp³-hybridized carbons (Fsp3) is 0.538. The van der Waals surface area contributed by atoms with Crippen LogP contribution in [0.5, 0.6) is 0 Å². The van der Waals surface area contributed by atoms with Crippen LogP contribution in [0.3, 0.4) is 0 Å². The van der Waals surface area contributed by atoms with Gasteiger partial charge in [-0.1, -0.05) is 18.2 Å². The van der Waals surface area contributed by atoms with E-state index in [9.17, 15) is 0 Å². The summed E-state index contributed by atoms with van der Waals surface area (Å²) in [6.07, 6.45) is 0. The number of rotatable bonds is 2. The highest BCUT2D eigenvalue weighted by molar-refractivity contribution is 5.49. The molecule has 0 saturated heterocycles. The maximum Gasteiger partial charge on any atom is 0.0372 e. The van der Waals surface area contributed by atoms with E-state index >= 15 is 0 Å². The summed E-state index contributed by atoms with van der Waals surface area (Å²) in [5.41, 5.74) is 1.48. The molecule has 0 saturated carbocycles. The lowest BCUT2D eigenvalue weighted by Crippen LogP contribution is -2.46. The minimum Gasteiger partial charge on any atom is -0.364 e. The van der Waals surface area contributed by atoms with Gasteiger partial charge >= 0.3 is 0 Å². The fourth-order valence-corrected chi connectivity index (χ4v) is 2.05. The van der Waals surface area contributed by atoms with Crippen LogP contribution < -0.4 is 4.90 Å². The monoisotopic (exact) mass is 191 g/mol. The van der Waals surface area contributed by atoms with E-state index in [1.54, 1.807) is 0 Å². The summed E-state index contributed by atoms with van der Waals surface area (Å²) < 4.78 is 0. The second kappa shape index (κ2) is 4.04. The Morgan fingerprint density at radius 2 is 1.50 bits per heavy atom. The third-order valence-corrected chi connectivity index (χ3v) is 2.27. The Kier molecular flexibility index (Phi) is 3.20. The first-order chi connectivity index (χ1) is 6.43. The average Bonchev–Trinajstić information content (AvgIpc) is 2.02. The molecular weight excluding hydrogens is 170 g/mol. The topological polar surface area (TPSA) is 3.24 Å². The van der Waals surface area contributed by atoms with Gasteiger partial charge in [-0.15, -0.1) is 0 Å². The van der Waals surface area contributed by atoms with Crippen molar-refractivity contribution in [2.45, 2.75) is 46.2 Å². The maximum atomic E-state index is 2.44. The van der Waals surface area contributed by atoms with Crippen molar-refractivity contribution in [1.82, 2.24) is 0 Å². The highest BCUT2D eigenvalue weighted by atomic mass is 15.2. The molecule has 1 aromatic carbocycles. The number of anilines is 1. The van der Waals surface area contributed by atoms with E-state index in [2.05, 4.69) is 69.9 Å². The lowest BCUT2D eigenvalue weighted by atomic mass is 10.0. The summed E-state index contributed by atoms with van der Waals surface area (Å²) in [5, 5.41) is 0. The van der Waals surface area contributed by atoms with Crippen LogP contribution in [0.4, 0.5) is 5.69 Å². The Hall–Kier alpha value is -0.980. The number of hydrogen-bond acceptors (Lipinski definition) is 1. The van der Waals surface area contributed by atoms with Crippen molar-refractivity contribution in [3.05, 3.63) is 30.3 Å². The summed E-state index contributed by atoms with van der Waals surface area (Å²) in [5.74, 6) is 0. The lowest BCUT2D eigenvalue weighted by molar-refractivity contribution is 0.465. The van der Waals surface area contributed by atoms with Gasteiger partial charge < -0.3 is 4.90 Å². The van der Waals surface area contributed by atoms with Crippen LogP contribution in [0.15, 0.2) is 30.3 Å². The highest BCUT2D eigenvalue weighted by Gasteiger charge is 2.23. The van der Waals surface area contributed by atoms with Crippen LogP contribution in [0.2, 0.25) is 0 Å². The summed E-state index contributed by atoms with van der Waals surface area (Å²) in [6, 6.07) is 11.1. The zero-order valence-electron chi connectivity index (χ0n) is 9.91. The highest BCUT2D eigenvalue weighted by Crippen LogP contribution is 2.25. The van der Waals surface area contributed by atoms with Crippen LogP contribution in [0.25, 0.3) is 0 Å². The van der Waals surface area contributed by atoms with Crippen molar-refractivity contribution in [2.24, 2.45) is 0 Å². The van der Waals surface area contributed by atoms with Crippen molar-refractivity contribution in [1.29, 1.82) is 0 Å². The van der Waals surface area contributed by atoms with E-state index in [4.69, 9.17) is 0 Å². The van der Waals surface area contributed by atoms with Gasteiger partial charge in [0.25, 0.3) is 0 Å². The molecule has 78 valence electrons. The molecular formula is C13H21N. The van der Waals surface area contributed by atoms with Gasteiger partial charge in [0.05, 0.1) is 0 Å². The zero-order chi connectivity index (χ0) is 10.8. The molecule has 1 nitrogen and oxygen atoms in total. The predicted molar refractivity (Wildman–Crippen MR) is 63.8 cm³/mol. The first-order valence-electron chi connectivity index (χ1n) is 5.27. The fourth-order valence-electron chi connectivity index (χ4n) is 2.05. The van der Waals surface area contributed by atoms with Crippen molar-refractivity contribution < 1.29 is 0 Å². The van der Waals surface area contributed by atoms with Gasteiger partial charge in [0.2, 0.25) is 0 Å². The Morgan fingerprint density at radius 1 is 1.00 bits per heavy atom. The molecule has 0 bridgehead atoms. The molecule has 14 heavy (non-hydrogen) atoms. The number of benzene rings is 1. The Morgan fingerprint density at radius 3 is 1.86 bits per heavy atom. The van der Waals surface area contributed by atoms with Crippen molar-refractivity contribution in [3.63, 3.8) is 0 Å². The second-order valence-corrected chi connectivity index (χ2v) is 4.97. The Bertz CT molecular complexity index is 269. The summed E-state index contributed by atoms with van der Waals surface area (Å²) >= 11 is 0. The van der Waals surface area contributed by atoms with Crippen molar-refractivity contribution >= 4 is 5.69 Å². The van der Waals surface area contributed by atoms with Crippen molar-refractivity contribution in [3.8, 4) is 0 Å². The molecule has 1 aromatic rings. The molecule has 0 spiro atoms. The SMILES string of the molecule is CC(C)N(c1ccccc1)C(C)(C)C. The van der Waals surface area contributed by atoms with Gasteiger partial charge in [0.1, 0.15) is 0 Å². The molecule has 0 heterocycles. The zero-order valence-corrected chi connectivity index (χ0v) is 9.91. The molecule has 0 N–H and O–H groups in total. The van der Waals surface area contributed by atoms with E-state index in [0.29, 0.717) is 6.04 Å². The number of hydrogen-bond donors (Lipinski definition) is 0. The molecule has 0 amide bonds. The van der Waals surface area contributed by atoms with E-state index in [0.717, 1.165) is 0 Å². The van der Waals surface area contributed by atoms with Crippen LogP contribution in [-0.4, -0.2) is 11.6 Å². The van der Waals surface area contributed by atoms with Crippen LogP contribution in [0.1, 0.15) is 34.6 Å². The molecule has 0 unspecified atom stereocenters. The first-order valence-corrected chi connectivity index (χ1v) is 5.27. The quantitative estimate of drug-likeness (QED) is 0.689. The average molecular weight is 191 g/mol. The number of nitrogens with zero attached hydrogens (tertiary/aromatic N) is 1. The predicted octanol–water partition coefficient (Wildman–Crippen LogP) is 3.70. The second-order valence-electron chi connectivity index (χ2n) is 4.97. The largest absolute Gasteiger partial charge is 0.364 e. The van der Waals surface area contributed by atoms with E-state index in [-0.39, 0.29) is 5.54 Å². The molecule has 0 aliphatic heterocycles. The molecule has 0 radical (unpaired) electrons. The minimum absolute atomic E-state index is 0.176. The minimum atomic E-state index is 0.176. The standard InChI is InChI=1S/C13H21N/c1-11(2)14(13(3,4)5)12-9-7-6-8-10-12/h6-11H,1-5H3. The van der Waals surface area contributed by atoms with E-state index < -0.39 is 0 Å². The van der Waals surface area contributed by atoms with Crippen LogP contribution in [-0.2, 0) is 0 Å². The number of para-hydroxylation sites is 1. The summed E-state index contributed by atoms with van der Waals surface area (Å²) in [7, 11) is 0. The first kappa shape index (κ1) is 11.1. The van der Waals surface area contributed by atoms with Crippen LogP contribution in [0, 0.1) is 0 Å². The van der Waals surface area contributed by atoms with Gasteiger partial charge in [-0.3, -0.25) is 0 Å². The van der Waals surface area contributed by atoms with E-state index in [1.807, 2.05) is 0 Å². The molecule has 0 atom stereocenters. The maximum absolute atomic E-state index is 2.44. The third kappa shape index (κ3) is 2.50. The smallest absolute Gasteiger partial charge is 0.0372 e. The van der Waals surface area contributed by atoms with Gasteiger partial charge in [-0.05, 0) is 46.8 Å². The normalized spacial score (nSPS) is 11.9. The van der Waals surface area contributed by atoms with Gasteiger partial charge in [-0.2, -0.15) is 0 Å². The summed E-state index contributed by atoms with van der Waals surface area (Å²) in [6.45, 7) is 11.2.